The highest BCUT2D eigenvalue weighted by atomic mass is 32.2. The van der Waals surface area contributed by atoms with Gasteiger partial charge in [-0.1, -0.05) is 36.9 Å². The van der Waals surface area contributed by atoms with Crippen molar-refractivity contribution in [2.45, 2.75) is 25.5 Å². The summed E-state index contributed by atoms with van der Waals surface area (Å²) in [7, 11) is 0. The van der Waals surface area contributed by atoms with Gasteiger partial charge in [-0.2, -0.15) is 0 Å². The average Bonchev–Trinajstić information content (AvgIpc) is 2.88. The summed E-state index contributed by atoms with van der Waals surface area (Å²) < 4.78 is 2.00. The summed E-state index contributed by atoms with van der Waals surface area (Å²) in [5.41, 5.74) is 7.97. The van der Waals surface area contributed by atoms with Crippen LogP contribution in [0.2, 0.25) is 0 Å². The number of hydrogen-bond acceptors (Lipinski definition) is 5. The smallest absolute Gasteiger partial charge is 0.195 e. The number of nitrogens with two attached hydrogens (primary N) is 1. The molecule has 0 saturated carbocycles. The summed E-state index contributed by atoms with van der Waals surface area (Å²) >= 11 is 1.59. The van der Waals surface area contributed by atoms with Gasteiger partial charge in [-0.3, -0.25) is 4.57 Å². The van der Waals surface area contributed by atoms with Gasteiger partial charge in [-0.05, 0) is 24.5 Å². The van der Waals surface area contributed by atoms with Crippen molar-refractivity contribution in [3.8, 4) is 5.69 Å². The van der Waals surface area contributed by atoms with Crippen LogP contribution in [0.3, 0.4) is 0 Å². The molecule has 0 amide bonds. The van der Waals surface area contributed by atoms with Crippen molar-refractivity contribution in [1.82, 2.24) is 14.8 Å². The lowest BCUT2D eigenvalue weighted by Crippen LogP contribution is -2.10. The van der Waals surface area contributed by atoms with Gasteiger partial charge in [0.15, 0.2) is 11.0 Å². The molecule has 0 aliphatic heterocycles. The van der Waals surface area contributed by atoms with Gasteiger partial charge in [0.05, 0.1) is 12.2 Å². The molecule has 6 heteroatoms. The van der Waals surface area contributed by atoms with Crippen molar-refractivity contribution in [2.75, 3.05) is 12.4 Å². The molecule has 0 radical (unpaired) electrons. The molecule has 0 spiro atoms. The molecule has 0 aliphatic rings. The van der Waals surface area contributed by atoms with E-state index in [1.165, 1.54) is 0 Å². The number of aliphatic hydroxyl groups is 1. The van der Waals surface area contributed by atoms with E-state index in [2.05, 4.69) is 23.2 Å². The van der Waals surface area contributed by atoms with Crippen LogP contribution < -0.4 is 5.73 Å². The number of thioether (sulfide) groups is 1. The number of para-hydroxylation sites is 1. The number of rotatable bonds is 6. The minimum absolute atomic E-state index is 0.176. The molecule has 0 fully saturated rings. The topological polar surface area (TPSA) is 77.0 Å². The van der Waals surface area contributed by atoms with E-state index >= 15 is 0 Å². The summed E-state index contributed by atoms with van der Waals surface area (Å²) in [5, 5.41) is 18.3. The molecule has 0 saturated heterocycles. The fraction of sp³-hybridized carbons (Fsp3) is 0.429. The molecule has 1 aromatic carbocycles. The largest absolute Gasteiger partial charge is 0.396 e. The minimum atomic E-state index is 0.176. The third-order valence-electron chi connectivity index (χ3n) is 3.05. The highest BCUT2D eigenvalue weighted by molar-refractivity contribution is 7.99. The Kier molecular flexibility index (Phi) is 5.17. The summed E-state index contributed by atoms with van der Waals surface area (Å²) in [6, 6.07) is 8.09. The van der Waals surface area contributed by atoms with Gasteiger partial charge in [0.25, 0.3) is 0 Å². The molecular weight excluding hydrogens is 272 g/mol. The van der Waals surface area contributed by atoms with Crippen LogP contribution in [0, 0.1) is 12.8 Å². The number of nitrogens with zero attached hydrogens (tertiary/aromatic N) is 3. The molecule has 1 heterocycles. The molecule has 108 valence electrons. The van der Waals surface area contributed by atoms with E-state index in [1.54, 1.807) is 11.8 Å². The van der Waals surface area contributed by atoms with Crippen LogP contribution in [-0.4, -0.2) is 32.2 Å². The molecule has 1 aromatic heterocycles. The first-order chi connectivity index (χ1) is 9.67. The maximum Gasteiger partial charge on any atom is 0.195 e. The Hall–Kier alpha value is -1.37. The Balaban J connectivity index is 2.35. The van der Waals surface area contributed by atoms with E-state index in [0.717, 1.165) is 28.0 Å². The van der Waals surface area contributed by atoms with Gasteiger partial charge >= 0.3 is 0 Å². The van der Waals surface area contributed by atoms with E-state index in [0.29, 0.717) is 6.54 Å². The van der Waals surface area contributed by atoms with Crippen molar-refractivity contribution in [2.24, 2.45) is 11.7 Å². The summed E-state index contributed by atoms with van der Waals surface area (Å²) in [5.74, 6) is 1.77. The zero-order chi connectivity index (χ0) is 14.5. The van der Waals surface area contributed by atoms with Gasteiger partial charge in [0.1, 0.15) is 0 Å². The summed E-state index contributed by atoms with van der Waals surface area (Å²) in [6.07, 6.45) is 0. The highest BCUT2D eigenvalue weighted by Crippen LogP contribution is 2.25. The Labute approximate surface area is 123 Å². The van der Waals surface area contributed by atoms with E-state index < -0.39 is 0 Å². The standard InChI is InChI=1S/C14H20N4OS/c1-10(8-19)9-20-14-17-16-13(7-15)18(14)12-6-4-3-5-11(12)2/h3-6,10,19H,7-9,15H2,1-2H3/t10-/m0/s1. The Morgan fingerprint density at radius 2 is 2.10 bits per heavy atom. The van der Waals surface area contributed by atoms with Crippen LogP contribution >= 0.6 is 11.8 Å². The second kappa shape index (κ2) is 6.88. The number of aryl methyl sites for hydroxylation is 1. The first-order valence-corrected chi connectivity index (χ1v) is 7.60. The summed E-state index contributed by atoms with van der Waals surface area (Å²) in [6.45, 7) is 4.58. The Bertz CT molecular complexity index is 570. The average molecular weight is 292 g/mol. The van der Waals surface area contributed by atoms with Crippen LogP contribution in [0.25, 0.3) is 5.69 Å². The normalized spacial score (nSPS) is 12.6. The van der Waals surface area contributed by atoms with Crippen molar-refractivity contribution in [3.63, 3.8) is 0 Å². The number of hydrogen-bond donors (Lipinski definition) is 2. The van der Waals surface area contributed by atoms with E-state index in [9.17, 15) is 0 Å². The molecule has 2 rings (SSSR count). The van der Waals surface area contributed by atoms with Gasteiger partial charge < -0.3 is 10.8 Å². The van der Waals surface area contributed by atoms with E-state index in [1.807, 2.05) is 29.7 Å². The van der Waals surface area contributed by atoms with Crippen molar-refractivity contribution in [1.29, 1.82) is 0 Å². The molecular formula is C14H20N4OS. The minimum Gasteiger partial charge on any atom is -0.396 e. The first-order valence-electron chi connectivity index (χ1n) is 6.61. The Morgan fingerprint density at radius 1 is 1.35 bits per heavy atom. The maximum atomic E-state index is 9.12. The second-order valence-electron chi connectivity index (χ2n) is 4.82. The quantitative estimate of drug-likeness (QED) is 0.793. The molecule has 20 heavy (non-hydrogen) atoms. The monoisotopic (exact) mass is 292 g/mol. The summed E-state index contributed by atoms with van der Waals surface area (Å²) in [4.78, 5) is 0. The molecule has 3 N–H and O–H groups in total. The van der Waals surface area contributed by atoms with Gasteiger partial charge in [0.2, 0.25) is 0 Å². The fourth-order valence-electron chi connectivity index (χ4n) is 1.85. The zero-order valence-corrected chi connectivity index (χ0v) is 12.6. The SMILES string of the molecule is Cc1ccccc1-n1c(CN)nnc1SC[C@@H](C)CO. The predicted molar refractivity (Wildman–Crippen MR) is 81.0 cm³/mol. The molecule has 0 bridgehead atoms. The van der Waals surface area contributed by atoms with Crippen molar-refractivity contribution < 1.29 is 5.11 Å². The van der Waals surface area contributed by atoms with Gasteiger partial charge in [-0.25, -0.2) is 0 Å². The third kappa shape index (κ3) is 3.20. The lowest BCUT2D eigenvalue weighted by Gasteiger charge is -2.13. The molecule has 2 aromatic rings. The lowest BCUT2D eigenvalue weighted by molar-refractivity contribution is 0.250. The molecule has 1 atom stereocenters. The van der Waals surface area contributed by atoms with E-state index in [4.69, 9.17) is 10.8 Å². The van der Waals surface area contributed by atoms with Gasteiger partial charge in [0, 0.05) is 12.4 Å². The molecule has 0 unspecified atom stereocenters. The molecule has 5 nitrogen and oxygen atoms in total. The number of aromatic nitrogens is 3. The zero-order valence-electron chi connectivity index (χ0n) is 11.8. The van der Waals surface area contributed by atoms with Crippen LogP contribution in [-0.2, 0) is 6.54 Å². The van der Waals surface area contributed by atoms with Crippen LogP contribution in [0.15, 0.2) is 29.4 Å². The lowest BCUT2D eigenvalue weighted by atomic mass is 10.2. The highest BCUT2D eigenvalue weighted by Gasteiger charge is 2.15. The fourth-order valence-corrected chi connectivity index (χ4v) is 2.82. The van der Waals surface area contributed by atoms with Crippen molar-refractivity contribution in [3.05, 3.63) is 35.7 Å². The van der Waals surface area contributed by atoms with Gasteiger partial charge in [-0.15, -0.1) is 10.2 Å². The van der Waals surface area contributed by atoms with Crippen LogP contribution in [0.5, 0.6) is 0 Å². The first kappa shape index (κ1) is 15.0. The second-order valence-corrected chi connectivity index (χ2v) is 5.81. The number of benzene rings is 1. The van der Waals surface area contributed by atoms with Crippen molar-refractivity contribution >= 4 is 11.8 Å². The van der Waals surface area contributed by atoms with E-state index in [-0.39, 0.29) is 12.5 Å². The maximum absolute atomic E-state index is 9.12. The Morgan fingerprint density at radius 3 is 2.75 bits per heavy atom. The number of aliphatic hydroxyl groups excluding tert-OH is 1. The van der Waals surface area contributed by atoms with Crippen LogP contribution in [0.1, 0.15) is 18.3 Å². The third-order valence-corrected chi connectivity index (χ3v) is 4.31. The predicted octanol–water partition coefficient (Wildman–Crippen LogP) is 1.75. The molecule has 0 aliphatic carbocycles. The van der Waals surface area contributed by atoms with Crippen LogP contribution in [0.4, 0.5) is 0 Å².